The van der Waals surface area contributed by atoms with Crippen LogP contribution in [-0.2, 0) is 16.2 Å². The van der Waals surface area contributed by atoms with Crippen molar-refractivity contribution in [3.63, 3.8) is 0 Å². The molecule has 0 spiro atoms. The molecule has 1 aromatic carbocycles. The molecule has 136 valence electrons. The van der Waals surface area contributed by atoms with Gasteiger partial charge in [-0.05, 0) is 36.8 Å². The minimum absolute atomic E-state index is 0.0164. The number of nitrogens with zero attached hydrogens (tertiary/aromatic N) is 2. The summed E-state index contributed by atoms with van der Waals surface area (Å²) in [5.74, 6) is 1.62. The summed E-state index contributed by atoms with van der Waals surface area (Å²) in [5, 5.41) is 2.93. The molecule has 2 amide bonds. The van der Waals surface area contributed by atoms with E-state index in [1.807, 2.05) is 49.4 Å². The zero-order chi connectivity index (χ0) is 18.4. The standard InChI is InChI=1S/C19H21N3O3S/c1-14(21-18(23)10-22-13-26-12-19(22)24)15-5-4-7-17(9-15)25-11-16-6-2-3-8-20-16/h2-9,14H,10-13H2,1H3,(H,21,23). The minimum Gasteiger partial charge on any atom is -0.487 e. The van der Waals surface area contributed by atoms with Crippen molar-refractivity contribution in [3.8, 4) is 5.75 Å². The van der Waals surface area contributed by atoms with Crippen molar-refractivity contribution in [2.45, 2.75) is 19.6 Å². The first-order valence-corrected chi connectivity index (χ1v) is 9.55. The van der Waals surface area contributed by atoms with Gasteiger partial charge in [0.05, 0.1) is 23.4 Å². The molecule has 1 aliphatic heterocycles. The quantitative estimate of drug-likeness (QED) is 0.809. The molecule has 26 heavy (non-hydrogen) atoms. The molecule has 1 saturated heterocycles. The van der Waals surface area contributed by atoms with Crippen molar-refractivity contribution < 1.29 is 14.3 Å². The van der Waals surface area contributed by atoms with Crippen molar-refractivity contribution >= 4 is 23.6 Å². The van der Waals surface area contributed by atoms with Crippen molar-refractivity contribution in [1.82, 2.24) is 15.2 Å². The average Bonchev–Trinajstić information content (AvgIpc) is 3.05. The second-order valence-electron chi connectivity index (χ2n) is 6.04. The Kier molecular flexibility index (Phi) is 6.12. The molecule has 1 fully saturated rings. The number of aromatic nitrogens is 1. The first-order valence-electron chi connectivity index (χ1n) is 8.39. The van der Waals surface area contributed by atoms with Gasteiger partial charge in [0, 0.05) is 6.20 Å². The van der Waals surface area contributed by atoms with Gasteiger partial charge in [-0.3, -0.25) is 14.6 Å². The number of benzene rings is 1. The largest absolute Gasteiger partial charge is 0.487 e. The Morgan fingerprint density at radius 3 is 2.96 bits per heavy atom. The van der Waals surface area contributed by atoms with Crippen LogP contribution in [0.2, 0.25) is 0 Å². The minimum atomic E-state index is -0.175. The zero-order valence-corrected chi connectivity index (χ0v) is 15.4. The zero-order valence-electron chi connectivity index (χ0n) is 14.6. The summed E-state index contributed by atoms with van der Waals surface area (Å²) in [6, 6.07) is 13.1. The fourth-order valence-corrected chi connectivity index (χ4v) is 3.50. The number of hydrogen-bond donors (Lipinski definition) is 1. The number of pyridine rings is 1. The Bertz CT molecular complexity index is 770. The third-order valence-electron chi connectivity index (χ3n) is 4.01. The van der Waals surface area contributed by atoms with Crippen LogP contribution in [0.1, 0.15) is 24.2 Å². The van der Waals surface area contributed by atoms with Crippen molar-refractivity contribution in [3.05, 3.63) is 59.9 Å². The summed E-state index contributed by atoms with van der Waals surface area (Å²) in [7, 11) is 0. The first-order chi connectivity index (χ1) is 12.6. The second-order valence-corrected chi connectivity index (χ2v) is 7.00. The molecule has 1 atom stereocenters. The van der Waals surface area contributed by atoms with E-state index in [2.05, 4.69) is 10.3 Å². The maximum atomic E-state index is 12.2. The van der Waals surface area contributed by atoms with Crippen LogP contribution in [0.4, 0.5) is 0 Å². The highest BCUT2D eigenvalue weighted by Crippen LogP contribution is 2.20. The van der Waals surface area contributed by atoms with E-state index in [4.69, 9.17) is 4.74 Å². The Balaban J connectivity index is 1.54. The predicted molar refractivity (Wildman–Crippen MR) is 101 cm³/mol. The second kappa shape index (κ2) is 8.71. The molecule has 0 bridgehead atoms. The van der Waals surface area contributed by atoms with E-state index in [0.29, 0.717) is 18.2 Å². The molecule has 2 heterocycles. The summed E-state index contributed by atoms with van der Waals surface area (Å²) < 4.78 is 5.78. The molecular weight excluding hydrogens is 350 g/mol. The summed E-state index contributed by atoms with van der Waals surface area (Å²) in [4.78, 5) is 29.6. The lowest BCUT2D eigenvalue weighted by Crippen LogP contribution is -2.39. The van der Waals surface area contributed by atoms with Gasteiger partial charge in [-0.1, -0.05) is 18.2 Å². The van der Waals surface area contributed by atoms with Crippen LogP contribution in [-0.4, -0.2) is 39.9 Å². The number of thioether (sulfide) groups is 1. The predicted octanol–water partition coefficient (Wildman–Crippen LogP) is 2.37. The van der Waals surface area contributed by atoms with Crippen LogP contribution in [0.3, 0.4) is 0 Å². The number of rotatable bonds is 7. The monoisotopic (exact) mass is 371 g/mol. The van der Waals surface area contributed by atoms with E-state index in [0.717, 1.165) is 17.0 Å². The van der Waals surface area contributed by atoms with E-state index in [1.54, 1.807) is 11.1 Å². The van der Waals surface area contributed by atoms with Crippen molar-refractivity contribution in [2.75, 3.05) is 18.2 Å². The SMILES string of the molecule is CC(NC(=O)CN1CSCC1=O)c1cccc(OCc2ccccn2)c1. The fraction of sp³-hybridized carbons (Fsp3) is 0.316. The molecule has 7 heteroatoms. The highest BCUT2D eigenvalue weighted by Gasteiger charge is 2.23. The van der Waals surface area contributed by atoms with Crippen LogP contribution in [0.25, 0.3) is 0 Å². The Morgan fingerprint density at radius 1 is 1.35 bits per heavy atom. The molecule has 1 unspecified atom stereocenters. The van der Waals surface area contributed by atoms with Gasteiger partial charge in [0.25, 0.3) is 0 Å². The summed E-state index contributed by atoms with van der Waals surface area (Å²) >= 11 is 1.53. The molecule has 0 radical (unpaired) electrons. The lowest BCUT2D eigenvalue weighted by atomic mass is 10.1. The van der Waals surface area contributed by atoms with E-state index >= 15 is 0 Å². The Labute approximate surface area is 156 Å². The maximum absolute atomic E-state index is 12.2. The molecule has 6 nitrogen and oxygen atoms in total. The molecule has 0 aliphatic carbocycles. The first kappa shape index (κ1) is 18.3. The third kappa shape index (κ3) is 4.98. The smallest absolute Gasteiger partial charge is 0.240 e. The molecule has 1 aromatic heterocycles. The summed E-state index contributed by atoms with van der Waals surface area (Å²) in [5.41, 5.74) is 1.80. The van der Waals surface area contributed by atoms with Gasteiger partial charge in [-0.2, -0.15) is 0 Å². The van der Waals surface area contributed by atoms with Gasteiger partial charge in [0.2, 0.25) is 11.8 Å². The molecule has 2 aromatic rings. The Hall–Kier alpha value is -2.54. The number of carbonyl (C=O) groups excluding carboxylic acids is 2. The Morgan fingerprint density at radius 2 is 2.23 bits per heavy atom. The van der Waals surface area contributed by atoms with E-state index in [1.165, 1.54) is 11.8 Å². The number of amides is 2. The van der Waals surface area contributed by atoms with Crippen molar-refractivity contribution in [1.29, 1.82) is 0 Å². The number of ether oxygens (including phenoxy) is 1. The summed E-state index contributed by atoms with van der Waals surface area (Å²) in [6.45, 7) is 2.40. The van der Waals surface area contributed by atoms with Crippen LogP contribution in [0.5, 0.6) is 5.75 Å². The van der Waals surface area contributed by atoms with Crippen LogP contribution < -0.4 is 10.1 Å². The molecule has 1 aliphatic rings. The van der Waals surface area contributed by atoms with E-state index in [9.17, 15) is 9.59 Å². The lowest BCUT2D eigenvalue weighted by Gasteiger charge is -2.18. The van der Waals surface area contributed by atoms with Gasteiger partial charge in [-0.25, -0.2) is 0 Å². The van der Waals surface area contributed by atoms with E-state index in [-0.39, 0.29) is 24.4 Å². The highest BCUT2D eigenvalue weighted by molar-refractivity contribution is 8.00. The van der Waals surface area contributed by atoms with Gasteiger partial charge in [0.1, 0.15) is 18.9 Å². The van der Waals surface area contributed by atoms with Crippen LogP contribution in [0.15, 0.2) is 48.7 Å². The van der Waals surface area contributed by atoms with Gasteiger partial charge >= 0.3 is 0 Å². The average molecular weight is 371 g/mol. The fourth-order valence-electron chi connectivity index (χ4n) is 2.60. The van der Waals surface area contributed by atoms with Gasteiger partial charge in [0.15, 0.2) is 0 Å². The lowest BCUT2D eigenvalue weighted by molar-refractivity contribution is -0.132. The molecular formula is C19H21N3O3S. The van der Waals surface area contributed by atoms with Gasteiger partial charge < -0.3 is 15.0 Å². The normalized spacial score (nSPS) is 15.0. The number of carbonyl (C=O) groups is 2. The molecule has 0 saturated carbocycles. The topological polar surface area (TPSA) is 71.5 Å². The summed E-state index contributed by atoms with van der Waals surface area (Å²) in [6.07, 6.45) is 1.73. The third-order valence-corrected chi connectivity index (χ3v) is 4.95. The molecule has 1 N–H and O–H groups in total. The van der Waals surface area contributed by atoms with Crippen molar-refractivity contribution in [2.24, 2.45) is 0 Å². The highest BCUT2D eigenvalue weighted by atomic mass is 32.2. The van der Waals surface area contributed by atoms with Gasteiger partial charge in [-0.15, -0.1) is 11.8 Å². The van der Waals surface area contributed by atoms with E-state index < -0.39 is 0 Å². The maximum Gasteiger partial charge on any atom is 0.240 e. The van der Waals surface area contributed by atoms with Crippen LogP contribution in [0, 0.1) is 0 Å². The molecule has 3 rings (SSSR count). The number of nitrogens with one attached hydrogen (secondary N) is 1. The van der Waals surface area contributed by atoms with Crippen LogP contribution >= 0.6 is 11.8 Å². The number of hydrogen-bond acceptors (Lipinski definition) is 5.